The Morgan fingerprint density at radius 2 is 0.900 bits per heavy atom. The maximum Gasteiger partial charge on any atom is 0.243 e. The fourth-order valence-electron chi connectivity index (χ4n) is 3.13. The van der Waals surface area contributed by atoms with E-state index in [0.29, 0.717) is 13.1 Å². The number of imide groups is 2. The lowest BCUT2D eigenvalue weighted by Crippen LogP contribution is -2.58. The molecule has 166 valence electrons. The quantitative estimate of drug-likeness (QED) is 0.425. The van der Waals surface area contributed by atoms with E-state index < -0.39 is 23.6 Å². The van der Waals surface area contributed by atoms with Gasteiger partial charge in [0.05, 0.1) is 39.3 Å². The van der Waals surface area contributed by atoms with Crippen molar-refractivity contribution in [2.24, 2.45) is 11.8 Å². The summed E-state index contributed by atoms with van der Waals surface area (Å²) in [5.74, 6) is -2.56. The fraction of sp³-hybridized carbons (Fsp3) is 0.700. The van der Waals surface area contributed by atoms with Crippen LogP contribution in [0.4, 0.5) is 0 Å². The van der Waals surface area contributed by atoms with Crippen LogP contribution in [0, 0.1) is 11.8 Å². The Bertz CT molecular complexity index is 650. The number of amides is 4. The highest BCUT2D eigenvalue weighted by atomic mass is 16.2. The summed E-state index contributed by atoms with van der Waals surface area (Å²) in [4.78, 5) is 78.1. The molecule has 0 aromatic rings. The second-order valence-electron chi connectivity index (χ2n) is 8.41. The van der Waals surface area contributed by atoms with Gasteiger partial charge in [-0.3, -0.25) is 48.4 Å². The van der Waals surface area contributed by atoms with Crippen LogP contribution in [0.1, 0.15) is 27.7 Å². The van der Waals surface area contributed by atoms with E-state index in [2.05, 4.69) is 0 Å². The third-order valence-electron chi connectivity index (χ3n) is 5.29. The van der Waals surface area contributed by atoms with Gasteiger partial charge in [-0.2, -0.15) is 0 Å². The third kappa shape index (κ3) is 6.02. The minimum Gasteiger partial charge on any atom is -0.297 e. The van der Waals surface area contributed by atoms with Crippen LogP contribution >= 0.6 is 0 Å². The summed E-state index contributed by atoms with van der Waals surface area (Å²) in [6, 6.07) is 0. The molecule has 0 unspecified atom stereocenters. The summed E-state index contributed by atoms with van der Waals surface area (Å²) in [7, 11) is 0. The molecule has 2 saturated heterocycles. The molecule has 4 amide bonds. The van der Waals surface area contributed by atoms with Gasteiger partial charge in [0, 0.05) is 24.9 Å². The highest BCUT2D eigenvalue weighted by Crippen LogP contribution is 2.10. The lowest BCUT2D eigenvalue weighted by Gasteiger charge is -2.36. The van der Waals surface area contributed by atoms with E-state index in [4.69, 9.17) is 0 Å². The monoisotopic (exact) mass is 422 g/mol. The Labute approximate surface area is 176 Å². The van der Waals surface area contributed by atoms with Gasteiger partial charge in [0.1, 0.15) is 0 Å². The first-order valence-corrected chi connectivity index (χ1v) is 10.2. The summed E-state index contributed by atoms with van der Waals surface area (Å²) in [6.45, 7) is 7.12. The minimum atomic E-state index is -0.426. The van der Waals surface area contributed by atoms with E-state index in [-0.39, 0.29) is 62.7 Å². The number of ketones is 2. The van der Waals surface area contributed by atoms with Crippen molar-refractivity contribution in [1.29, 1.82) is 0 Å². The van der Waals surface area contributed by atoms with Crippen molar-refractivity contribution < 1.29 is 28.8 Å². The molecule has 0 aromatic heterocycles. The molecule has 0 radical (unpaired) electrons. The van der Waals surface area contributed by atoms with Crippen molar-refractivity contribution in [2.75, 3.05) is 52.4 Å². The second kappa shape index (κ2) is 10.0. The average molecular weight is 422 g/mol. The molecule has 0 aromatic carbocycles. The number of hydrogen-bond acceptors (Lipinski definition) is 8. The highest BCUT2D eigenvalue weighted by Gasteiger charge is 2.35. The van der Waals surface area contributed by atoms with Crippen molar-refractivity contribution in [3.63, 3.8) is 0 Å². The van der Waals surface area contributed by atoms with Crippen LogP contribution < -0.4 is 0 Å². The molecule has 2 fully saturated rings. The Hall–Kier alpha value is -2.46. The number of hydrogen-bond donors (Lipinski definition) is 0. The third-order valence-corrected chi connectivity index (χ3v) is 5.29. The van der Waals surface area contributed by atoms with E-state index in [9.17, 15) is 28.8 Å². The van der Waals surface area contributed by atoms with Crippen LogP contribution in [0.3, 0.4) is 0 Å². The topological polar surface area (TPSA) is 115 Å². The summed E-state index contributed by atoms with van der Waals surface area (Å²) in [5.41, 5.74) is 0. The van der Waals surface area contributed by atoms with Gasteiger partial charge in [-0.15, -0.1) is 0 Å². The second-order valence-corrected chi connectivity index (χ2v) is 8.41. The first-order chi connectivity index (χ1) is 14.0. The molecule has 0 bridgehead atoms. The summed E-state index contributed by atoms with van der Waals surface area (Å²) in [5, 5.41) is 0. The van der Waals surface area contributed by atoms with Gasteiger partial charge in [0.2, 0.25) is 23.6 Å². The van der Waals surface area contributed by atoms with Crippen molar-refractivity contribution in [2.45, 2.75) is 27.7 Å². The molecule has 0 saturated carbocycles. The van der Waals surface area contributed by atoms with Crippen LogP contribution in [0.15, 0.2) is 0 Å². The average Bonchev–Trinajstić information content (AvgIpc) is 2.65. The zero-order valence-electron chi connectivity index (χ0n) is 18.0. The Kier molecular flexibility index (Phi) is 7.96. The molecule has 0 aliphatic carbocycles. The SMILES string of the molecule is CC(C)C(=O)CN1C(=O)CN(CCN2CC(=O)N(CC(=O)C(C)C)C(=O)C2)CC1=O. The first kappa shape index (κ1) is 23.8. The number of Topliss-reactive ketones (excluding diaryl/α,β-unsaturated/α-hetero) is 2. The number of piperazine rings is 2. The molecule has 30 heavy (non-hydrogen) atoms. The fourth-order valence-corrected chi connectivity index (χ4v) is 3.13. The molecular weight excluding hydrogens is 392 g/mol. The van der Waals surface area contributed by atoms with E-state index in [1.165, 1.54) is 0 Å². The van der Waals surface area contributed by atoms with Crippen LogP contribution in [0.5, 0.6) is 0 Å². The predicted octanol–water partition coefficient (Wildman–Crippen LogP) is -1.22. The van der Waals surface area contributed by atoms with Crippen LogP contribution in [0.2, 0.25) is 0 Å². The Balaban J connectivity index is 1.84. The van der Waals surface area contributed by atoms with Crippen molar-refractivity contribution in [3.05, 3.63) is 0 Å². The molecule has 0 N–H and O–H groups in total. The molecule has 2 heterocycles. The number of nitrogens with zero attached hydrogens (tertiary/aromatic N) is 4. The molecule has 2 aliphatic heterocycles. The van der Waals surface area contributed by atoms with Gasteiger partial charge in [0.25, 0.3) is 0 Å². The van der Waals surface area contributed by atoms with Crippen molar-refractivity contribution >= 4 is 35.2 Å². The van der Waals surface area contributed by atoms with E-state index in [1.54, 1.807) is 37.5 Å². The first-order valence-electron chi connectivity index (χ1n) is 10.2. The largest absolute Gasteiger partial charge is 0.297 e. The lowest BCUT2D eigenvalue weighted by atomic mass is 10.1. The van der Waals surface area contributed by atoms with Gasteiger partial charge in [-0.1, -0.05) is 27.7 Å². The van der Waals surface area contributed by atoms with Crippen molar-refractivity contribution in [3.8, 4) is 0 Å². The number of carbonyl (C=O) groups excluding carboxylic acids is 6. The van der Waals surface area contributed by atoms with Gasteiger partial charge in [-0.05, 0) is 0 Å². The minimum absolute atomic E-state index is 0.00185. The molecular formula is C20H30N4O6. The molecule has 0 atom stereocenters. The smallest absolute Gasteiger partial charge is 0.243 e. The van der Waals surface area contributed by atoms with Gasteiger partial charge in [-0.25, -0.2) is 0 Å². The van der Waals surface area contributed by atoms with Crippen molar-refractivity contribution in [1.82, 2.24) is 19.6 Å². The summed E-state index contributed by atoms with van der Waals surface area (Å²) in [6.07, 6.45) is 0. The van der Waals surface area contributed by atoms with E-state index in [0.717, 1.165) is 9.80 Å². The zero-order chi connectivity index (χ0) is 22.6. The van der Waals surface area contributed by atoms with Crippen LogP contribution in [-0.4, -0.2) is 107 Å². The highest BCUT2D eigenvalue weighted by molar-refractivity contribution is 6.03. The molecule has 0 spiro atoms. The maximum atomic E-state index is 12.3. The molecule has 10 heteroatoms. The predicted molar refractivity (Wildman–Crippen MR) is 106 cm³/mol. The molecule has 10 nitrogen and oxygen atoms in total. The van der Waals surface area contributed by atoms with Crippen LogP contribution in [-0.2, 0) is 28.8 Å². The Morgan fingerprint density at radius 1 is 0.633 bits per heavy atom. The summed E-state index contributed by atoms with van der Waals surface area (Å²) >= 11 is 0. The maximum absolute atomic E-state index is 12.3. The number of rotatable bonds is 9. The van der Waals surface area contributed by atoms with Gasteiger partial charge < -0.3 is 0 Å². The zero-order valence-corrected chi connectivity index (χ0v) is 18.0. The van der Waals surface area contributed by atoms with Gasteiger partial charge in [0.15, 0.2) is 11.6 Å². The number of carbonyl (C=O) groups is 6. The normalized spacial score (nSPS) is 19.4. The van der Waals surface area contributed by atoms with Gasteiger partial charge >= 0.3 is 0 Å². The van der Waals surface area contributed by atoms with E-state index >= 15 is 0 Å². The van der Waals surface area contributed by atoms with Crippen LogP contribution in [0.25, 0.3) is 0 Å². The summed E-state index contributed by atoms with van der Waals surface area (Å²) < 4.78 is 0. The molecule has 2 aliphatic rings. The molecule has 2 rings (SSSR count). The lowest BCUT2D eigenvalue weighted by molar-refractivity contribution is -0.156. The standard InChI is InChI=1S/C20H30N4O6/c1-13(2)15(25)7-23-17(27)9-21(10-18(23)28)5-6-22-11-19(29)24(20(30)12-22)8-16(26)14(3)4/h13-14H,5-12H2,1-4H3. The Morgan fingerprint density at radius 3 is 1.13 bits per heavy atom. The van der Waals surface area contributed by atoms with E-state index in [1.807, 2.05) is 0 Å².